The summed E-state index contributed by atoms with van der Waals surface area (Å²) in [6, 6.07) is 6.37. The maximum atomic E-state index is 12.2. The van der Waals surface area contributed by atoms with Crippen LogP contribution in [0.4, 0.5) is 10.5 Å². The van der Waals surface area contributed by atoms with Crippen LogP contribution in [0.1, 0.15) is 25.3 Å². The van der Waals surface area contributed by atoms with Crippen LogP contribution in [0.5, 0.6) is 0 Å². The third-order valence-corrected chi connectivity index (χ3v) is 5.03. The van der Waals surface area contributed by atoms with Gasteiger partial charge in [-0.3, -0.25) is 14.8 Å². The van der Waals surface area contributed by atoms with Gasteiger partial charge >= 0.3 is 6.03 Å². The van der Waals surface area contributed by atoms with Crippen LogP contribution in [-0.4, -0.2) is 32.2 Å². The van der Waals surface area contributed by atoms with Gasteiger partial charge in [-0.2, -0.15) is 0 Å². The molecule has 0 saturated carbocycles. The lowest BCUT2D eigenvalue weighted by Crippen LogP contribution is -2.58. The number of hydrogen-bond donors (Lipinski definition) is 3. The number of unbranched alkanes of at least 4 members (excludes halogenated alkanes) is 1. The Balaban J connectivity index is 2.05. The molecule has 7 nitrogen and oxygen atoms in total. The van der Waals surface area contributed by atoms with Crippen LogP contribution >= 0.6 is 0 Å². The van der Waals surface area contributed by atoms with E-state index in [0.29, 0.717) is 5.69 Å². The molecule has 1 atom stereocenters. The molecule has 3 N–H and O–H groups in total. The van der Waals surface area contributed by atoms with Gasteiger partial charge in [0.05, 0.1) is 0 Å². The molecule has 2 rings (SSSR count). The number of hydrogen-bond acceptors (Lipinski definition) is 4. The Morgan fingerprint density at radius 3 is 2.50 bits per heavy atom. The molecule has 1 aliphatic rings. The molecular weight excluding hydrogens is 306 g/mol. The predicted octanol–water partition coefficient (Wildman–Crippen LogP) is 0.979. The Labute approximate surface area is 129 Å². The molecule has 0 aliphatic carbocycles. The number of carbonyl (C=O) groups is 2. The van der Waals surface area contributed by atoms with Gasteiger partial charge in [-0.15, -0.1) is 0 Å². The molecule has 8 heteroatoms. The molecule has 0 radical (unpaired) electrons. The highest BCUT2D eigenvalue weighted by Crippen LogP contribution is 2.15. The van der Waals surface area contributed by atoms with Crippen molar-refractivity contribution in [3.63, 3.8) is 0 Å². The SMILES string of the molecule is CCCCc1ccc(NS(=O)(=O)C2CNC(=O)NC2=O)cc1. The van der Waals surface area contributed by atoms with Crippen LogP contribution in [-0.2, 0) is 21.2 Å². The van der Waals surface area contributed by atoms with Gasteiger partial charge in [0.1, 0.15) is 0 Å². The molecule has 0 spiro atoms. The van der Waals surface area contributed by atoms with Gasteiger partial charge in [0.25, 0.3) is 0 Å². The van der Waals surface area contributed by atoms with Crippen LogP contribution in [0.3, 0.4) is 0 Å². The van der Waals surface area contributed by atoms with E-state index in [2.05, 4.69) is 17.0 Å². The van der Waals surface area contributed by atoms with Crippen molar-refractivity contribution >= 4 is 27.6 Å². The number of nitrogens with one attached hydrogen (secondary N) is 3. The molecular formula is C14H19N3O4S. The summed E-state index contributed by atoms with van der Waals surface area (Å²) in [5.41, 5.74) is 1.53. The lowest BCUT2D eigenvalue weighted by molar-refractivity contribution is -0.120. The number of anilines is 1. The smallest absolute Gasteiger partial charge is 0.321 e. The second kappa shape index (κ2) is 6.78. The van der Waals surface area contributed by atoms with Gasteiger partial charge in [0.15, 0.2) is 5.25 Å². The van der Waals surface area contributed by atoms with Gasteiger partial charge in [0, 0.05) is 12.2 Å². The summed E-state index contributed by atoms with van der Waals surface area (Å²) in [6.45, 7) is 1.87. The second-order valence-corrected chi connectivity index (χ2v) is 7.00. The van der Waals surface area contributed by atoms with Crippen molar-refractivity contribution in [3.05, 3.63) is 29.8 Å². The first kappa shape index (κ1) is 16.3. The van der Waals surface area contributed by atoms with Crippen molar-refractivity contribution in [1.82, 2.24) is 10.6 Å². The topological polar surface area (TPSA) is 104 Å². The maximum absolute atomic E-state index is 12.2. The molecule has 3 amide bonds. The largest absolute Gasteiger partial charge is 0.336 e. The number of rotatable bonds is 6. The highest BCUT2D eigenvalue weighted by atomic mass is 32.2. The van der Waals surface area contributed by atoms with Crippen LogP contribution < -0.4 is 15.4 Å². The standard InChI is InChI=1S/C14H19N3O4S/c1-2-3-4-10-5-7-11(8-6-10)17-22(20,21)12-9-15-14(19)16-13(12)18/h5-8,12,17H,2-4,9H2,1H3,(H2,15,16,18,19). The van der Waals surface area contributed by atoms with E-state index >= 15 is 0 Å². The molecule has 1 fully saturated rings. The molecule has 1 aromatic rings. The highest BCUT2D eigenvalue weighted by molar-refractivity contribution is 7.94. The zero-order valence-corrected chi connectivity index (χ0v) is 13.1. The lowest BCUT2D eigenvalue weighted by Gasteiger charge is -2.22. The van der Waals surface area contributed by atoms with Crippen LogP contribution in [0.15, 0.2) is 24.3 Å². The minimum absolute atomic E-state index is 0.241. The summed E-state index contributed by atoms with van der Waals surface area (Å²) in [6.07, 6.45) is 3.12. The summed E-state index contributed by atoms with van der Waals surface area (Å²) in [4.78, 5) is 22.6. The van der Waals surface area contributed by atoms with Gasteiger partial charge < -0.3 is 5.32 Å². The summed E-state index contributed by atoms with van der Waals surface area (Å²) in [7, 11) is -3.92. The number of imide groups is 1. The zero-order chi connectivity index (χ0) is 16.2. The fraction of sp³-hybridized carbons (Fsp3) is 0.429. The van der Waals surface area contributed by atoms with E-state index in [9.17, 15) is 18.0 Å². The second-order valence-electron chi connectivity index (χ2n) is 5.14. The summed E-state index contributed by atoms with van der Waals surface area (Å²) >= 11 is 0. The van der Waals surface area contributed by atoms with Gasteiger partial charge in [0.2, 0.25) is 15.9 Å². The van der Waals surface area contributed by atoms with Crippen LogP contribution in [0.2, 0.25) is 0 Å². The highest BCUT2D eigenvalue weighted by Gasteiger charge is 2.37. The van der Waals surface area contributed by atoms with E-state index in [0.717, 1.165) is 24.8 Å². The first-order chi connectivity index (χ1) is 10.4. The molecule has 1 aliphatic heterocycles. The maximum Gasteiger partial charge on any atom is 0.321 e. The fourth-order valence-electron chi connectivity index (χ4n) is 2.12. The normalized spacial score (nSPS) is 18.5. The Kier molecular flexibility index (Phi) is 5.02. The van der Waals surface area contributed by atoms with E-state index in [1.165, 1.54) is 0 Å². The average Bonchev–Trinajstić information content (AvgIpc) is 2.45. The van der Waals surface area contributed by atoms with Crippen LogP contribution in [0.25, 0.3) is 0 Å². The third-order valence-electron chi connectivity index (χ3n) is 3.38. The number of carbonyl (C=O) groups excluding carboxylic acids is 2. The third kappa shape index (κ3) is 3.97. The fourth-order valence-corrected chi connectivity index (χ4v) is 3.37. The van der Waals surface area contributed by atoms with Crippen molar-refractivity contribution in [1.29, 1.82) is 0 Å². The van der Waals surface area contributed by atoms with Crippen molar-refractivity contribution in [2.45, 2.75) is 31.4 Å². The minimum Gasteiger partial charge on any atom is -0.336 e. The first-order valence-corrected chi connectivity index (χ1v) is 8.66. The minimum atomic E-state index is -3.92. The van der Waals surface area contributed by atoms with Crippen molar-refractivity contribution < 1.29 is 18.0 Å². The molecule has 1 unspecified atom stereocenters. The molecule has 1 saturated heterocycles. The number of aryl methyl sites for hydroxylation is 1. The zero-order valence-electron chi connectivity index (χ0n) is 12.3. The van der Waals surface area contributed by atoms with Gasteiger partial charge in [-0.05, 0) is 30.5 Å². The molecule has 1 aromatic carbocycles. The van der Waals surface area contributed by atoms with Crippen molar-refractivity contribution in [3.8, 4) is 0 Å². The predicted molar refractivity (Wildman–Crippen MR) is 82.9 cm³/mol. The van der Waals surface area contributed by atoms with Crippen molar-refractivity contribution in [2.24, 2.45) is 0 Å². The van der Waals surface area contributed by atoms with E-state index in [1.807, 2.05) is 17.4 Å². The molecule has 0 bridgehead atoms. The van der Waals surface area contributed by atoms with Crippen molar-refractivity contribution in [2.75, 3.05) is 11.3 Å². The van der Waals surface area contributed by atoms with Gasteiger partial charge in [-0.25, -0.2) is 13.2 Å². The molecule has 120 valence electrons. The molecule has 0 aromatic heterocycles. The number of urea groups is 1. The summed E-state index contributed by atoms with van der Waals surface area (Å²) < 4.78 is 26.8. The van der Waals surface area contributed by atoms with Gasteiger partial charge in [-0.1, -0.05) is 25.5 Å². The van der Waals surface area contributed by atoms with E-state index in [4.69, 9.17) is 0 Å². The van der Waals surface area contributed by atoms with E-state index < -0.39 is 27.2 Å². The number of amides is 3. The molecule has 22 heavy (non-hydrogen) atoms. The number of benzene rings is 1. The number of sulfonamides is 1. The summed E-state index contributed by atoms with van der Waals surface area (Å²) in [5, 5.41) is 2.90. The first-order valence-electron chi connectivity index (χ1n) is 7.11. The van der Waals surface area contributed by atoms with E-state index in [-0.39, 0.29) is 6.54 Å². The Bertz CT molecular complexity index is 655. The Hall–Kier alpha value is -2.09. The van der Waals surface area contributed by atoms with E-state index in [1.54, 1.807) is 12.1 Å². The summed E-state index contributed by atoms with van der Waals surface area (Å²) in [5.74, 6) is -0.823. The Morgan fingerprint density at radius 2 is 1.91 bits per heavy atom. The molecule has 1 heterocycles. The Morgan fingerprint density at radius 1 is 1.23 bits per heavy atom. The van der Waals surface area contributed by atoms with Crippen LogP contribution in [0, 0.1) is 0 Å². The monoisotopic (exact) mass is 325 g/mol. The average molecular weight is 325 g/mol. The lowest BCUT2D eigenvalue weighted by atomic mass is 10.1. The quantitative estimate of drug-likeness (QED) is 0.725.